The first kappa shape index (κ1) is 88.4. The maximum absolute atomic E-state index is 13.2. The number of aliphatic hydroxyl groups excluding tert-OH is 11. The van der Waals surface area contributed by atoms with Crippen molar-refractivity contribution in [1.29, 1.82) is 0 Å². The van der Waals surface area contributed by atoms with E-state index in [-0.39, 0.29) is 45.5 Å². The van der Waals surface area contributed by atoms with Crippen LogP contribution in [0.1, 0.15) is 284 Å². The van der Waals surface area contributed by atoms with Gasteiger partial charge in [0.1, 0.15) is 86.5 Å². The fourth-order valence-electron chi connectivity index (χ4n) is 12.3. The number of ether oxygens (including phenoxy) is 10. The predicted octanol–water partition coefficient (Wildman–Crippen LogP) is 7.78. The molecule has 0 spiro atoms. The fourth-order valence-corrected chi connectivity index (χ4v) is 12.3. The molecule has 0 unspecified atom stereocenters. The van der Waals surface area contributed by atoms with E-state index < -0.39 is 155 Å². The van der Waals surface area contributed by atoms with E-state index in [2.05, 4.69) is 13.8 Å². The average Bonchev–Trinajstić information content (AvgIpc) is 0.825. The summed E-state index contributed by atoms with van der Waals surface area (Å²) in [6.07, 6.45) is 15.7. The topological polar surface area (TPSA) is 383 Å². The third-order valence-corrected chi connectivity index (χ3v) is 18.6. The van der Waals surface area contributed by atoms with Crippen molar-refractivity contribution in [2.24, 2.45) is 0 Å². The summed E-state index contributed by atoms with van der Waals surface area (Å²) in [6, 6.07) is 0. The van der Waals surface area contributed by atoms with Crippen LogP contribution in [-0.4, -0.2) is 231 Å². The van der Waals surface area contributed by atoms with Crippen LogP contribution in [0.15, 0.2) is 0 Å². The minimum Gasteiger partial charge on any atom is -0.462 e. The molecule has 570 valence electrons. The molecule has 0 radical (unpaired) electrons. The molecule has 3 fully saturated rings. The lowest BCUT2D eigenvalue weighted by Crippen LogP contribution is -2.61. The van der Waals surface area contributed by atoms with Crippen molar-refractivity contribution in [1.82, 2.24) is 0 Å². The van der Waals surface area contributed by atoms with E-state index >= 15 is 0 Å². The van der Waals surface area contributed by atoms with E-state index in [1.807, 2.05) is 0 Å². The van der Waals surface area contributed by atoms with Gasteiger partial charge in [-0.2, -0.15) is 0 Å². The zero-order chi connectivity index (χ0) is 70.8. The second kappa shape index (κ2) is 55.8. The molecule has 3 rings (SSSR count). The Bertz CT molecular complexity index is 1950. The number of carbonyl (C=O) groups excluding carboxylic acids is 4. The van der Waals surface area contributed by atoms with Crippen LogP contribution in [0.2, 0.25) is 0 Å². The molecular formula is C72H132O25. The minimum absolute atomic E-state index is 0.0902. The molecule has 3 saturated heterocycles. The van der Waals surface area contributed by atoms with Crippen LogP contribution >= 0.6 is 0 Å². The van der Waals surface area contributed by atoms with Gasteiger partial charge >= 0.3 is 23.9 Å². The lowest BCUT2D eigenvalue weighted by molar-refractivity contribution is -0.332. The fraction of sp³-hybridized carbons (Fsp3) is 0.944. The number of hydrogen-bond acceptors (Lipinski definition) is 25. The van der Waals surface area contributed by atoms with E-state index in [4.69, 9.17) is 47.4 Å². The normalized spacial score (nSPS) is 26.5. The van der Waals surface area contributed by atoms with Gasteiger partial charge in [0.05, 0.1) is 33.0 Å². The molecule has 0 aromatic carbocycles. The lowest BCUT2D eigenvalue weighted by atomic mass is 9.98. The van der Waals surface area contributed by atoms with Crippen molar-refractivity contribution in [3.05, 3.63) is 0 Å². The molecule has 0 aromatic heterocycles. The number of hydrogen-bond donors (Lipinski definition) is 11. The van der Waals surface area contributed by atoms with E-state index in [1.165, 1.54) is 135 Å². The second-order valence-corrected chi connectivity index (χ2v) is 27.2. The zero-order valence-electron chi connectivity index (χ0n) is 59.1. The summed E-state index contributed by atoms with van der Waals surface area (Å²) in [6.45, 7) is 1.02. The molecule has 17 atom stereocenters. The Balaban J connectivity index is 1.39. The van der Waals surface area contributed by atoms with Crippen molar-refractivity contribution in [2.45, 2.75) is 388 Å². The monoisotopic (exact) mass is 1400 g/mol. The zero-order valence-corrected chi connectivity index (χ0v) is 59.1. The van der Waals surface area contributed by atoms with E-state index in [1.54, 1.807) is 0 Å². The van der Waals surface area contributed by atoms with E-state index in [9.17, 15) is 75.3 Å². The molecule has 0 saturated carbocycles. The van der Waals surface area contributed by atoms with Crippen molar-refractivity contribution in [2.75, 3.05) is 46.2 Å². The maximum atomic E-state index is 13.2. The Labute approximate surface area is 578 Å². The smallest absolute Gasteiger partial charge is 0.306 e. The van der Waals surface area contributed by atoms with Gasteiger partial charge in [-0.25, -0.2) is 0 Å². The molecule has 3 heterocycles. The van der Waals surface area contributed by atoms with Gasteiger partial charge in [0.2, 0.25) is 0 Å². The van der Waals surface area contributed by atoms with Gasteiger partial charge in [-0.05, 0) is 25.7 Å². The Morgan fingerprint density at radius 1 is 0.289 bits per heavy atom. The highest BCUT2D eigenvalue weighted by molar-refractivity contribution is 5.71. The summed E-state index contributed by atoms with van der Waals surface area (Å²) in [5.74, 6) is -2.08. The first-order valence-electron chi connectivity index (χ1n) is 37.8. The minimum atomic E-state index is -1.82. The molecular weight excluding hydrogens is 1260 g/mol. The number of carbonyl (C=O) groups is 4. The quantitative estimate of drug-likeness (QED) is 0.0157. The van der Waals surface area contributed by atoms with Crippen LogP contribution in [0.4, 0.5) is 0 Å². The number of unbranched alkanes of at least 4 members (excludes halogenated alkanes) is 35. The number of aliphatic hydroxyl groups is 11. The summed E-state index contributed by atoms with van der Waals surface area (Å²) >= 11 is 0. The van der Waals surface area contributed by atoms with Gasteiger partial charge in [0.15, 0.2) is 31.1 Å². The van der Waals surface area contributed by atoms with Crippen molar-refractivity contribution < 1.29 is 123 Å². The molecule has 25 heteroatoms. The standard InChI is InChI=1S/C72H132O25/c1-3-5-7-9-11-13-15-17-19-21-23-25-31-35-39-43-59(77)93-52(49-90-70-67(85)64(82)61(79)54(45-73)95-70)47-88-57(75)41-37-33-29-27-28-30-34-38-42-58(76)89-48-53(94-60(78)44-40-36-32-26-24-22-20-18-16-14-12-10-8-6-4-2)50-91-71-69(87)66(84)63(81)56(97-71)51-92-72-68(86)65(83)62(80)55(46-74)96-72/h52-56,61-74,79-87H,3-51H2,1-2H3/t52-,53-,54-,55-,56-,61+,62+,63+,64+,65+,66+,67-,68-,69-,70-,71-,72+/m1/s1. The molecule has 0 aliphatic carbocycles. The second-order valence-electron chi connectivity index (χ2n) is 27.2. The Morgan fingerprint density at radius 3 is 0.804 bits per heavy atom. The van der Waals surface area contributed by atoms with Crippen LogP contribution in [0.5, 0.6) is 0 Å². The average molecular weight is 1400 g/mol. The van der Waals surface area contributed by atoms with Gasteiger partial charge in [0, 0.05) is 25.7 Å². The highest BCUT2D eigenvalue weighted by Crippen LogP contribution is 2.28. The molecule has 0 bridgehead atoms. The SMILES string of the molecule is CCCCCCCCCCCCCCCCCC(=O)O[C@H](COC(=O)CCCCCCCCCCC(=O)OC[C@H](CO[C@@H]1O[C@H](CO[C@H]2O[C@H](CO)[C@H](O)[C@H](O)[C@H]2O)[C@H](O)[C@H](O)[C@H]1O)OC(=O)CCCCCCCCCCCCCCCCC)CO[C@@H]1O[C@H](CO)[C@H](O)[C@H](O)[C@H]1O. The van der Waals surface area contributed by atoms with Crippen LogP contribution in [0, 0.1) is 0 Å². The number of esters is 4. The lowest BCUT2D eigenvalue weighted by Gasteiger charge is -2.42. The van der Waals surface area contributed by atoms with Crippen LogP contribution in [-0.2, 0) is 66.5 Å². The predicted molar refractivity (Wildman–Crippen MR) is 359 cm³/mol. The Morgan fingerprint density at radius 2 is 0.526 bits per heavy atom. The van der Waals surface area contributed by atoms with Crippen molar-refractivity contribution in [3.8, 4) is 0 Å². The molecule has 0 amide bonds. The summed E-state index contributed by atoms with van der Waals surface area (Å²) in [5.41, 5.74) is 0. The van der Waals surface area contributed by atoms with Gasteiger partial charge in [0.25, 0.3) is 0 Å². The third-order valence-electron chi connectivity index (χ3n) is 18.6. The van der Waals surface area contributed by atoms with Crippen molar-refractivity contribution >= 4 is 23.9 Å². The third kappa shape index (κ3) is 38.9. The molecule has 97 heavy (non-hydrogen) atoms. The van der Waals surface area contributed by atoms with E-state index in [0.717, 1.165) is 83.5 Å². The van der Waals surface area contributed by atoms with Crippen molar-refractivity contribution in [3.63, 3.8) is 0 Å². The highest BCUT2D eigenvalue weighted by Gasteiger charge is 2.48. The van der Waals surface area contributed by atoms with Gasteiger partial charge in [-0.1, -0.05) is 232 Å². The number of rotatable bonds is 60. The van der Waals surface area contributed by atoms with Gasteiger partial charge in [-0.15, -0.1) is 0 Å². The first-order chi connectivity index (χ1) is 46.9. The molecule has 11 N–H and O–H groups in total. The Kier molecular flexibility index (Phi) is 50.8. The highest BCUT2D eigenvalue weighted by atomic mass is 16.7. The molecule has 25 nitrogen and oxygen atoms in total. The van der Waals surface area contributed by atoms with Gasteiger partial charge in [-0.3, -0.25) is 19.2 Å². The van der Waals surface area contributed by atoms with Crippen LogP contribution < -0.4 is 0 Å². The maximum Gasteiger partial charge on any atom is 0.306 e. The molecule has 3 aliphatic heterocycles. The van der Waals surface area contributed by atoms with Crippen LogP contribution in [0.25, 0.3) is 0 Å². The van der Waals surface area contributed by atoms with Gasteiger partial charge < -0.3 is 104 Å². The molecule has 0 aromatic rings. The van der Waals surface area contributed by atoms with Crippen LogP contribution in [0.3, 0.4) is 0 Å². The van der Waals surface area contributed by atoms with E-state index in [0.29, 0.717) is 25.7 Å². The summed E-state index contributed by atoms with van der Waals surface area (Å²) in [5, 5.41) is 113. The summed E-state index contributed by atoms with van der Waals surface area (Å²) in [4.78, 5) is 52.0. The molecule has 3 aliphatic rings. The summed E-state index contributed by atoms with van der Waals surface area (Å²) in [7, 11) is 0. The Hall–Kier alpha value is -2.80. The summed E-state index contributed by atoms with van der Waals surface area (Å²) < 4.78 is 56.0. The largest absolute Gasteiger partial charge is 0.462 e. The first-order valence-corrected chi connectivity index (χ1v) is 37.8.